The van der Waals surface area contributed by atoms with Crippen LogP contribution in [0.3, 0.4) is 0 Å². The third-order valence-electron chi connectivity index (χ3n) is 7.68. The first-order chi connectivity index (χ1) is 13.8. The Bertz CT molecular complexity index is 1140. The minimum atomic E-state index is -0.298. The largest absolute Gasteiger partial charge is 0.361 e. The zero-order chi connectivity index (χ0) is 20.6. The highest BCUT2D eigenvalue weighted by Gasteiger charge is 2.63. The molecule has 2 aromatic rings. The van der Waals surface area contributed by atoms with E-state index in [0.717, 1.165) is 18.4 Å². The molecular formula is C25H23NO3. The molecule has 0 heterocycles. The molecule has 146 valence electrons. The van der Waals surface area contributed by atoms with Gasteiger partial charge in [0, 0.05) is 45.1 Å². The van der Waals surface area contributed by atoms with Crippen molar-refractivity contribution in [1.29, 1.82) is 0 Å². The minimum Gasteiger partial charge on any atom is -0.361 e. The summed E-state index contributed by atoms with van der Waals surface area (Å²) in [5, 5.41) is 3.22. The third-order valence-corrected chi connectivity index (χ3v) is 7.68. The molecule has 2 atom stereocenters. The van der Waals surface area contributed by atoms with Gasteiger partial charge in [0.1, 0.15) is 0 Å². The predicted octanol–water partition coefficient (Wildman–Crippen LogP) is 4.78. The first-order valence-corrected chi connectivity index (χ1v) is 10.1. The van der Waals surface area contributed by atoms with Gasteiger partial charge in [0.15, 0.2) is 17.3 Å². The highest BCUT2D eigenvalue weighted by atomic mass is 16.1. The Morgan fingerprint density at radius 3 is 2.14 bits per heavy atom. The molecule has 0 amide bonds. The van der Waals surface area contributed by atoms with Crippen LogP contribution >= 0.6 is 0 Å². The molecule has 0 radical (unpaired) electrons. The van der Waals surface area contributed by atoms with Crippen LogP contribution in [0.15, 0.2) is 54.2 Å². The van der Waals surface area contributed by atoms with Gasteiger partial charge in [-0.3, -0.25) is 14.4 Å². The second kappa shape index (κ2) is 5.76. The Labute approximate surface area is 170 Å². The van der Waals surface area contributed by atoms with Crippen LogP contribution in [-0.4, -0.2) is 17.3 Å². The van der Waals surface area contributed by atoms with Gasteiger partial charge in [-0.15, -0.1) is 0 Å². The average Bonchev–Trinajstić information content (AvgIpc) is 3.03. The van der Waals surface area contributed by atoms with E-state index in [0.29, 0.717) is 27.9 Å². The number of ketones is 3. The molecule has 3 aliphatic rings. The highest BCUT2D eigenvalue weighted by Crippen LogP contribution is 2.65. The van der Waals surface area contributed by atoms with Crippen LogP contribution in [0.1, 0.15) is 65.5 Å². The van der Waals surface area contributed by atoms with Crippen molar-refractivity contribution < 1.29 is 14.4 Å². The lowest BCUT2D eigenvalue weighted by molar-refractivity contribution is -0.125. The Morgan fingerprint density at radius 2 is 1.52 bits per heavy atom. The van der Waals surface area contributed by atoms with E-state index < -0.39 is 0 Å². The summed E-state index contributed by atoms with van der Waals surface area (Å²) in [6, 6.07) is 12.1. The summed E-state index contributed by atoms with van der Waals surface area (Å²) in [4.78, 5) is 38.6. The van der Waals surface area contributed by atoms with Crippen molar-refractivity contribution in [2.24, 2.45) is 16.7 Å². The fourth-order valence-electron chi connectivity index (χ4n) is 5.44. The predicted molar refractivity (Wildman–Crippen MR) is 111 cm³/mol. The summed E-state index contributed by atoms with van der Waals surface area (Å²) in [6.45, 7) is 6.45. The molecule has 0 aromatic heterocycles. The summed E-state index contributed by atoms with van der Waals surface area (Å²) in [5.74, 6) is 0.207. The standard InChI is InChI=1S/C25H23NO3/c1-24(2)20-10-11-25(24,3)23(29)19(20)13-26-14-8-9-17-18(12-14)22(28)16-7-5-4-6-15(16)21(17)27/h4-9,12-13,20,26H,10-11H2,1-3H3/b19-13-/t20-,25+/m0/s1. The van der Waals surface area contributed by atoms with Crippen molar-refractivity contribution in [3.05, 3.63) is 76.5 Å². The van der Waals surface area contributed by atoms with Crippen molar-refractivity contribution in [2.75, 3.05) is 5.32 Å². The lowest BCUT2D eigenvalue weighted by Crippen LogP contribution is -2.32. The summed E-state index contributed by atoms with van der Waals surface area (Å²) < 4.78 is 0. The van der Waals surface area contributed by atoms with Gasteiger partial charge in [0.2, 0.25) is 0 Å². The number of anilines is 1. The van der Waals surface area contributed by atoms with E-state index in [4.69, 9.17) is 0 Å². The maximum Gasteiger partial charge on any atom is 0.194 e. The molecule has 4 nitrogen and oxygen atoms in total. The number of Topliss-reactive ketones (excluding diaryl/α,β-unsaturated/α-hetero) is 1. The van der Waals surface area contributed by atoms with Crippen LogP contribution in [0.25, 0.3) is 0 Å². The number of carbonyl (C=O) groups excluding carboxylic acids is 3. The summed E-state index contributed by atoms with van der Waals surface area (Å²) in [7, 11) is 0. The number of nitrogens with one attached hydrogen (secondary N) is 1. The molecule has 29 heavy (non-hydrogen) atoms. The molecule has 1 N–H and O–H groups in total. The zero-order valence-electron chi connectivity index (χ0n) is 16.8. The van der Waals surface area contributed by atoms with E-state index in [1.54, 1.807) is 42.5 Å². The molecule has 2 aromatic carbocycles. The van der Waals surface area contributed by atoms with Gasteiger partial charge < -0.3 is 5.32 Å². The van der Waals surface area contributed by atoms with Crippen LogP contribution < -0.4 is 5.32 Å². The van der Waals surface area contributed by atoms with E-state index >= 15 is 0 Å². The maximum atomic E-state index is 13.0. The molecule has 4 heteroatoms. The van der Waals surface area contributed by atoms with Crippen LogP contribution in [0.2, 0.25) is 0 Å². The molecule has 2 bridgehead atoms. The van der Waals surface area contributed by atoms with E-state index in [1.165, 1.54) is 0 Å². The van der Waals surface area contributed by atoms with Gasteiger partial charge in [0.25, 0.3) is 0 Å². The topological polar surface area (TPSA) is 63.2 Å². The summed E-state index contributed by atoms with van der Waals surface area (Å²) >= 11 is 0. The van der Waals surface area contributed by atoms with E-state index in [-0.39, 0.29) is 34.1 Å². The molecule has 2 fully saturated rings. The second-order valence-electron chi connectivity index (χ2n) is 9.18. The molecule has 0 saturated heterocycles. The molecule has 0 aliphatic heterocycles. The molecule has 5 rings (SSSR count). The highest BCUT2D eigenvalue weighted by molar-refractivity contribution is 6.28. The van der Waals surface area contributed by atoms with Crippen molar-refractivity contribution in [3.8, 4) is 0 Å². The first-order valence-electron chi connectivity index (χ1n) is 10.1. The Hall–Kier alpha value is -3.01. The van der Waals surface area contributed by atoms with E-state index in [1.807, 2.05) is 6.20 Å². The van der Waals surface area contributed by atoms with Crippen molar-refractivity contribution in [1.82, 2.24) is 0 Å². The monoisotopic (exact) mass is 385 g/mol. The zero-order valence-corrected chi connectivity index (χ0v) is 16.8. The molecule has 2 saturated carbocycles. The van der Waals surface area contributed by atoms with Crippen LogP contribution in [0.4, 0.5) is 5.69 Å². The molecule has 0 spiro atoms. The van der Waals surface area contributed by atoms with Crippen LogP contribution in [0, 0.1) is 16.7 Å². The molecule has 0 unspecified atom stereocenters. The maximum absolute atomic E-state index is 13.0. The van der Waals surface area contributed by atoms with Gasteiger partial charge in [-0.2, -0.15) is 0 Å². The SMILES string of the molecule is CC1(C)[C@H]2CC[C@]1(C)C(=O)/C2=C\Nc1ccc2c(c1)C(=O)c1ccccc1C2=O. The lowest BCUT2D eigenvalue weighted by atomic mass is 9.70. The summed E-state index contributed by atoms with van der Waals surface area (Å²) in [6.07, 6.45) is 3.77. The van der Waals surface area contributed by atoms with Crippen molar-refractivity contribution in [3.63, 3.8) is 0 Å². The van der Waals surface area contributed by atoms with Crippen molar-refractivity contribution in [2.45, 2.75) is 33.6 Å². The minimum absolute atomic E-state index is 0.0421. The lowest BCUT2D eigenvalue weighted by Gasteiger charge is -2.31. The van der Waals surface area contributed by atoms with Gasteiger partial charge in [-0.25, -0.2) is 0 Å². The van der Waals surface area contributed by atoms with Crippen LogP contribution in [0.5, 0.6) is 0 Å². The Kier molecular flexibility index (Phi) is 3.58. The van der Waals surface area contributed by atoms with Gasteiger partial charge in [-0.05, 0) is 42.4 Å². The number of hydrogen-bond donors (Lipinski definition) is 1. The van der Waals surface area contributed by atoms with Gasteiger partial charge >= 0.3 is 0 Å². The van der Waals surface area contributed by atoms with Crippen molar-refractivity contribution >= 4 is 23.0 Å². The van der Waals surface area contributed by atoms with Gasteiger partial charge in [-0.1, -0.05) is 45.0 Å². The number of rotatable bonds is 2. The molecule has 3 aliphatic carbocycles. The number of hydrogen-bond acceptors (Lipinski definition) is 4. The van der Waals surface area contributed by atoms with E-state index in [2.05, 4.69) is 26.1 Å². The average molecular weight is 385 g/mol. The fourth-order valence-corrected chi connectivity index (χ4v) is 5.44. The smallest absolute Gasteiger partial charge is 0.194 e. The quantitative estimate of drug-likeness (QED) is 0.645. The normalized spacial score (nSPS) is 27.9. The van der Waals surface area contributed by atoms with E-state index in [9.17, 15) is 14.4 Å². The van der Waals surface area contributed by atoms with Crippen LogP contribution in [-0.2, 0) is 4.79 Å². The number of benzene rings is 2. The number of fused-ring (bicyclic) bond motifs is 4. The summed E-state index contributed by atoms with van der Waals surface area (Å²) in [5.41, 5.74) is 2.94. The first kappa shape index (κ1) is 18.0. The Morgan fingerprint density at radius 1 is 0.897 bits per heavy atom. The Balaban J connectivity index is 1.48. The number of carbonyl (C=O) groups is 3. The second-order valence-corrected chi connectivity index (χ2v) is 9.18. The number of allylic oxidation sites excluding steroid dienone is 1. The van der Waals surface area contributed by atoms with Gasteiger partial charge in [0.05, 0.1) is 0 Å². The third kappa shape index (κ3) is 2.23. The fraction of sp³-hybridized carbons (Fsp3) is 0.320. The molecular weight excluding hydrogens is 362 g/mol.